The minimum Gasteiger partial charge on any atom is -0.349 e. The van der Waals surface area contributed by atoms with Crippen LogP contribution in [0.4, 0.5) is 0 Å². The van der Waals surface area contributed by atoms with Crippen LogP contribution in [0.1, 0.15) is 27.7 Å². The van der Waals surface area contributed by atoms with Gasteiger partial charge in [0.15, 0.2) is 9.84 Å². The third-order valence-corrected chi connectivity index (χ3v) is 3.80. The highest BCUT2D eigenvalue weighted by atomic mass is 32.2. The van der Waals surface area contributed by atoms with E-state index in [2.05, 4.69) is 5.32 Å². The van der Waals surface area contributed by atoms with Gasteiger partial charge >= 0.3 is 0 Å². The van der Waals surface area contributed by atoms with E-state index in [4.69, 9.17) is 5.73 Å². The largest absolute Gasteiger partial charge is 0.349 e. The number of carbonyl (C=O) groups excluding carboxylic acids is 1. The number of nitrogens with two attached hydrogens (primary N) is 1. The fraction of sp³-hybridized carbons (Fsp3) is 0.900. The zero-order valence-electron chi connectivity index (χ0n) is 10.4. The van der Waals surface area contributed by atoms with Crippen molar-refractivity contribution in [2.45, 2.75) is 33.2 Å². The summed E-state index contributed by atoms with van der Waals surface area (Å²) in [6.07, 6.45) is 0. The second-order valence-corrected chi connectivity index (χ2v) is 7.19. The molecular formula is C10H22N2O3S. The quantitative estimate of drug-likeness (QED) is 0.689. The summed E-state index contributed by atoms with van der Waals surface area (Å²) in [5.74, 6) is -0.894. The highest BCUT2D eigenvalue weighted by Gasteiger charge is 2.23. The molecule has 16 heavy (non-hydrogen) atoms. The molecule has 0 rings (SSSR count). The Kier molecular flexibility index (Phi) is 5.41. The summed E-state index contributed by atoms with van der Waals surface area (Å²) in [5.41, 5.74) is 4.87. The first-order valence-electron chi connectivity index (χ1n) is 5.29. The zero-order chi connectivity index (χ0) is 13.0. The Labute approximate surface area is 97.7 Å². The van der Waals surface area contributed by atoms with Gasteiger partial charge in [-0.05, 0) is 19.8 Å². The summed E-state index contributed by atoms with van der Waals surface area (Å²) in [4.78, 5) is 11.5. The molecule has 6 heteroatoms. The molecule has 0 fully saturated rings. The predicted octanol–water partition coefficient (Wildman–Crippen LogP) is -0.0893. The molecule has 3 N–H and O–H groups in total. The number of carbonyl (C=O) groups is 1. The second-order valence-electron chi connectivity index (χ2n) is 5.08. The van der Waals surface area contributed by atoms with Crippen LogP contribution in [-0.2, 0) is 14.6 Å². The standard InChI is InChI=1S/C10H22N2O3S/c1-8(2)5-16(14,15)6-9(13)12-10(3,4)7-11/h8H,5-7,11H2,1-4H3,(H,12,13). The first kappa shape index (κ1) is 15.4. The monoisotopic (exact) mass is 250 g/mol. The molecule has 0 aromatic heterocycles. The van der Waals surface area contributed by atoms with Crippen molar-refractivity contribution in [2.75, 3.05) is 18.1 Å². The lowest BCUT2D eigenvalue weighted by Crippen LogP contribution is -2.50. The molecule has 0 aliphatic rings. The minimum absolute atomic E-state index is 0.0281. The Morgan fingerprint density at radius 1 is 1.38 bits per heavy atom. The van der Waals surface area contributed by atoms with Crippen LogP contribution >= 0.6 is 0 Å². The second kappa shape index (κ2) is 5.63. The maximum Gasteiger partial charge on any atom is 0.235 e. The van der Waals surface area contributed by atoms with E-state index < -0.39 is 27.0 Å². The van der Waals surface area contributed by atoms with Gasteiger partial charge in [0.25, 0.3) is 0 Å². The van der Waals surface area contributed by atoms with Gasteiger partial charge in [-0.1, -0.05) is 13.8 Å². The number of sulfone groups is 1. The van der Waals surface area contributed by atoms with Gasteiger partial charge in [0.1, 0.15) is 5.75 Å². The summed E-state index contributed by atoms with van der Waals surface area (Å²) in [7, 11) is -3.31. The van der Waals surface area contributed by atoms with Gasteiger partial charge in [-0.3, -0.25) is 4.79 Å². The van der Waals surface area contributed by atoms with Crippen LogP contribution in [-0.4, -0.2) is 37.9 Å². The summed E-state index contributed by atoms with van der Waals surface area (Å²) >= 11 is 0. The Morgan fingerprint density at radius 2 is 1.88 bits per heavy atom. The number of hydrogen-bond acceptors (Lipinski definition) is 4. The van der Waals surface area contributed by atoms with Crippen molar-refractivity contribution >= 4 is 15.7 Å². The molecule has 0 saturated carbocycles. The van der Waals surface area contributed by atoms with Gasteiger partial charge in [-0.15, -0.1) is 0 Å². The average molecular weight is 250 g/mol. The van der Waals surface area contributed by atoms with Crippen molar-refractivity contribution in [1.29, 1.82) is 0 Å². The van der Waals surface area contributed by atoms with E-state index in [0.717, 1.165) is 0 Å². The summed E-state index contributed by atoms with van der Waals surface area (Å²) in [5, 5.41) is 2.59. The van der Waals surface area contributed by atoms with Crippen LogP contribution in [0.5, 0.6) is 0 Å². The fourth-order valence-electron chi connectivity index (χ4n) is 1.23. The van der Waals surface area contributed by atoms with Crippen LogP contribution in [0.25, 0.3) is 0 Å². The molecule has 0 heterocycles. The van der Waals surface area contributed by atoms with Crippen molar-refractivity contribution in [2.24, 2.45) is 11.7 Å². The lowest BCUT2D eigenvalue weighted by molar-refractivity contribution is -0.120. The topological polar surface area (TPSA) is 89.3 Å². The Morgan fingerprint density at radius 3 is 2.25 bits per heavy atom. The maximum absolute atomic E-state index is 11.5. The molecule has 5 nitrogen and oxygen atoms in total. The molecule has 0 radical (unpaired) electrons. The van der Waals surface area contributed by atoms with Gasteiger partial charge in [-0.25, -0.2) is 8.42 Å². The van der Waals surface area contributed by atoms with E-state index in [1.54, 1.807) is 27.7 Å². The smallest absolute Gasteiger partial charge is 0.235 e. The van der Waals surface area contributed by atoms with Crippen molar-refractivity contribution in [3.05, 3.63) is 0 Å². The van der Waals surface area contributed by atoms with E-state index in [1.807, 2.05) is 0 Å². The first-order chi connectivity index (χ1) is 7.08. The van der Waals surface area contributed by atoms with Gasteiger partial charge in [0.05, 0.1) is 5.75 Å². The van der Waals surface area contributed by atoms with Crippen LogP contribution in [0, 0.1) is 5.92 Å². The normalized spacial score (nSPS) is 12.9. The van der Waals surface area contributed by atoms with Crippen LogP contribution in [0.15, 0.2) is 0 Å². The van der Waals surface area contributed by atoms with Gasteiger partial charge in [0, 0.05) is 12.1 Å². The van der Waals surface area contributed by atoms with Crippen molar-refractivity contribution in [3.8, 4) is 0 Å². The molecule has 1 amide bonds. The molecular weight excluding hydrogens is 228 g/mol. The Hall–Kier alpha value is -0.620. The summed E-state index contributed by atoms with van der Waals surface area (Å²) < 4.78 is 23.1. The molecule has 0 unspecified atom stereocenters. The van der Waals surface area contributed by atoms with Gasteiger partial charge < -0.3 is 11.1 Å². The number of hydrogen-bond donors (Lipinski definition) is 2. The molecule has 0 bridgehead atoms. The lowest BCUT2D eigenvalue weighted by atomic mass is 10.1. The number of rotatable bonds is 6. The Bertz CT molecular complexity index is 334. The van der Waals surface area contributed by atoms with E-state index in [1.165, 1.54) is 0 Å². The van der Waals surface area contributed by atoms with Crippen molar-refractivity contribution < 1.29 is 13.2 Å². The molecule has 0 spiro atoms. The predicted molar refractivity (Wildman–Crippen MR) is 64.8 cm³/mol. The average Bonchev–Trinajstić information content (AvgIpc) is 1.98. The molecule has 0 saturated heterocycles. The van der Waals surface area contributed by atoms with E-state index in [9.17, 15) is 13.2 Å². The van der Waals surface area contributed by atoms with Gasteiger partial charge in [0.2, 0.25) is 5.91 Å². The number of nitrogens with one attached hydrogen (secondary N) is 1. The van der Waals surface area contributed by atoms with Crippen LogP contribution in [0.3, 0.4) is 0 Å². The third-order valence-electron chi connectivity index (χ3n) is 1.93. The van der Waals surface area contributed by atoms with E-state index >= 15 is 0 Å². The first-order valence-corrected chi connectivity index (χ1v) is 7.11. The highest BCUT2D eigenvalue weighted by Crippen LogP contribution is 2.03. The molecule has 0 aromatic rings. The molecule has 0 aliphatic heterocycles. The van der Waals surface area contributed by atoms with E-state index in [0.29, 0.717) is 0 Å². The molecule has 0 atom stereocenters. The van der Waals surface area contributed by atoms with Crippen molar-refractivity contribution in [1.82, 2.24) is 5.32 Å². The summed E-state index contributed by atoms with van der Waals surface area (Å²) in [6, 6.07) is 0. The highest BCUT2D eigenvalue weighted by molar-refractivity contribution is 7.92. The SMILES string of the molecule is CC(C)CS(=O)(=O)CC(=O)NC(C)(C)CN. The molecule has 0 aliphatic carbocycles. The fourth-order valence-corrected chi connectivity index (χ4v) is 2.84. The maximum atomic E-state index is 11.5. The van der Waals surface area contributed by atoms with Crippen LogP contribution in [0.2, 0.25) is 0 Å². The minimum atomic E-state index is -3.31. The molecule has 0 aromatic carbocycles. The summed E-state index contributed by atoms with van der Waals surface area (Å²) in [6.45, 7) is 7.38. The van der Waals surface area contributed by atoms with Crippen molar-refractivity contribution in [3.63, 3.8) is 0 Å². The number of amides is 1. The van der Waals surface area contributed by atoms with E-state index in [-0.39, 0.29) is 18.2 Å². The third kappa shape index (κ3) is 6.79. The zero-order valence-corrected chi connectivity index (χ0v) is 11.2. The van der Waals surface area contributed by atoms with Crippen LogP contribution < -0.4 is 11.1 Å². The Balaban J connectivity index is 4.36. The molecule has 96 valence electrons. The van der Waals surface area contributed by atoms with Gasteiger partial charge in [-0.2, -0.15) is 0 Å². The lowest BCUT2D eigenvalue weighted by Gasteiger charge is -2.24.